The molecule has 0 spiro atoms. The Morgan fingerprint density at radius 2 is 2.00 bits per heavy atom. The van der Waals surface area contributed by atoms with Crippen molar-refractivity contribution < 1.29 is 19.4 Å². The standard InChI is InChI=1S/C14H24N2O4/c17-13(10-15-6-3-12-2-1-9-20-12)16-7-4-11(5-8-16)14(18)19/h11-12,15H,1-10H2,(H,18,19). The number of hydrogen-bond donors (Lipinski definition) is 2. The van der Waals surface area contributed by atoms with Crippen molar-refractivity contribution in [2.24, 2.45) is 5.92 Å². The Balaban J connectivity index is 1.57. The average molecular weight is 284 g/mol. The van der Waals surface area contributed by atoms with Crippen LogP contribution >= 0.6 is 0 Å². The maximum atomic E-state index is 12.0. The largest absolute Gasteiger partial charge is 0.481 e. The van der Waals surface area contributed by atoms with Gasteiger partial charge in [0, 0.05) is 19.7 Å². The number of piperidine rings is 1. The molecule has 0 aromatic rings. The van der Waals surface area contributed by atoms with Gasteiger partial charge in [0.2, 0.25) is 5.91 Å². The summed E-state index contributed by atoms with van der Waals surface area (Å²) in [7, 11) is 0. The van der Waals surface area contributed by atoms with Crippen molar-refractivity contribution in [1.29, 1.82) is 0 Å². The van der Waals surface area contributed by atoms with Gasteiger partial charge >= 0.3 is 5.97 Å². The summed E-state index contributed by atoms with van der Waals surface area (Å²) < 4.78 is 5.52. The minimum absolute atomic E-state index is 0.0705. The third kappa shape index (κ3) is 4.45. The molecule has 2 saturated heterocycles. The first-order valence-corrected chi connectivity index (χ1v) is 7.49. The third-order valence-electron chi connectivity index (χ3n) is 4.14. The van der Waals surface area contributed by atoms with Gasteiger partial charge in [0.15, 0.2) is 0 Å². The molecule has 20 heavy (non-hydrogen) atoms. The van der Waals surface area contributed by atoms with Gasteiger partial charge in [-0.25, -0.2) is 0 Å². The van der Waals surface area contributed by atoms with Gasteiger partial charge < -0.3 is 20.1 Å². The number of ether oxygens (including phenoxy) is 1. The molecule has 0 aromatic heterocycles. The first kappa shape index (κ1) is 15.3. The van der Waals surface area contributed by atoms with Crippen LogP contribution in [0.1, 0.15) is 32.1 Å². The molecule has 6 heteroatoms. The number of rotatable bonds is 6. The van der Waals surface area contributed by atoms with E-state index in [1.165, 1.54) is 0 Å². The molecule has 2 fully saturated rings. The Kier molecular flexibility index (Phi) is 5.79. The average Bonchev–Trinajstić information content (AvgIpc) is 2.96. The normalized spacial score (nSPS) is 24.0. The molecule has 114 valence electrons. The number of carboxylic acids is 1. The Morgan fingerprint density at radius 1 is 1.25 bits per heavy atom. The topological polar surface area (TPSA) is 78.9 Å². The maximum Gasteiger partial charge on any atom is 0.306 e. The van der Waals surface area contributed by atoms with E-state index in [0.29, 0.717) is 38.6 Å². The molecule has 0 aromatic carbocycles. The van der Waals surface area contributed by atoms with Gasteiger partial charge in [-0.1, -0.05) is 0 Å². The van der Waals surface area contributed by atoms with E-state index in [-0.39, 0.29) is 11.8 Å². The van der Waals surface area contributed by atoms with Gasteiger partial charge in [-0.15, -0.1) is 0 Å². The van der Waals surface area contributed by atoms with Crippen molar-refractivity contribution in [2.75, 3.05) is 32.8 Å². The van der Waals surface area contributed by atoms with Crippen LogP contribution in [0.3, 0.4) is 0 Å². The highest BCUT2D eigenvalue weighted by molar-refractivity contribution is 5.78. The summed E-state index contributed by atoms with van der Waals surface area (Å²) in [5.74, 6) is -0.959. The number of carboxylic acid groups (broad SMARTS) is 1. The fraction of sp³-hybridized carbons (Fsp3) is 0.857. The minimum Gasteiger partial charge on any atom is -0.481 e. The molecule has 0 saturated carbocycles. The third-order valence-corrected chi connectivity index (χ3v) is 4.14. The number of likely N-dealkylation sites (tertiary alicyclic amines) is 1. The van der Waals surface area contributed by atoms with E-state index < -0.39 is 5.97 Å². The van der Waals surface area contributed by atoms with Crippen LogP contribution in [0.4, 0.5) is 0 Å². The van der Waals surface area contributed by atoms with Crippen molar-refractivity contribution in [1.82, 2.24) is 10.2 Å². The van der Waals surface area contributed by atoms with E-state index in [9.17, 15) is 9.59 Å². The van der Waals surface area contributed by atoms with Gasteiger partial charge in [0.25, 0.3) is 0 Å². The van der Waals surface area contributed by atoms with Crippen molar-refractivity contribution in [3.8, 4) is 0 Å². The number of hydrogen-bond acceptors (Lipinski definition) is 4. The SMILES string of the molecule is O=C(O)C1CCN(C(=O)CNCCC2CCCO2)CC1. The van der Waals surface area contributed by atoms with Crippen LogP contribution in [0.5, 0.6) is 0 Å². The molecule has 2 aliphatic rings. The van der Waals surface area contributed by atoms with Crippen molar-refractivity contribution in [3.63, 3.8) is 0 Å². The lowest BCUT2D eigenvalue weighted by atomic mass is 9.97. The summed E-state index contributed by atoms with van der Waals surface area (Å²) in [5.41, 5.74) is 0. The van der Waals surface area contributed by atoms with E-state index >= 15 is 0 Å². The fourth-order valence-corrected chi connectivity index (χ4v) is 2.82. The molecule has 1 amide bonds. The van der Waals surface area contributed by atoms with Crippen LogP contribution in [-0.4, -0.2) is 60.8 Å². The maximum absolute atomic E-state index is 12.0. The first-order chi connectivity index (χ1) is 9.66. The van der Waals surface area contributed by atoms with Crippen molar-refractivity contribution in [3.05, 3.63) is 0 Å². The lowest BCUT2D eigenvalue weighted by molar-refractivity contribution is -0.145. The number of nitrogens with one attached hydrogen (secondary N) is 1. The number of aliphatic carboxylic acids is 1. The number of nitrogens with zero attached hydrogens (tertiary/aromatic N) is 1. The summed E-state index contributed by atoms with van der Waals surface area (Å²) >= 11 is 0. The second-order valence-corrected chi connectivity index (χ2v) is 5.59. The second-order valence-electron chi connectivity index (χ2n) is 5.59. The van der Waals surface area contributed by atoms with E-state index in [1.807, 2.05) is 0 Å². The van der Waals surface area contributed by atoms with Gasteiger partial charge in [0.05, 0.1) is 18.6 Å². The van der Waals surface area contributed by atoms with Crippen LogP contribution in [0.2, 0.25) is 0 Å². The van der Waals surface area contributed by atoms with Gasteiger partial charge in [-0.2, -0.15) is 0 Å². The molecule has 6 nitrogen and oxygen atoms in total. The summed E-state index contributed by atoms with van der Waals surface area (Å²) in [6.07, 6.45) is 4.70. The summed E-state index contributed by atoms with van der Waals surface area (Å²) in [6, 6.07) is 0. The second kappa shape index (κ2) is 7.59. The van der Waals surface area contributed by atoms with Crippen LogP contribution in [0.25, 0.3) is 0 Å². The lowest BCUT2D eigenvalue weighted by Gasteiger charge is -2.30. The predicted octanol–water partition coefficient (Wildman–Crippen LogP) is 0.468. The van der Waals surface area contributed by atoms with E-state index in [0.717, 1.165) is 32.4 Å². The summed E-state index contributed by atoms with van der Waals surface area (Å²) in [4.78, 5) is 24.6. The predicted molar refractivity (Wildman–Crippen MR) is 73.4 cm³/mol. The van der Waals surface area contributed by atoms with Gasteiger partial charge in [-0.3, -0.25) is 9.59 Å². The molecular formula is C14H24N2O4. The summed E-state index contributed by atoms with van der Waals surface area (Å²) in [5, 5.41) is 12.1. The van der Waals surface area contributed by atoms with Crippen molar-refractivity contribution in [2.45, 2.75) is 38.2 Å². The minimum atomic E-state index is -0.744. The van der Waals surface area contributed by atoms with Crippen molar-refractivity contribution >= 4 is 11.9 Å². The van der Waals surface area contributed by atoms with Crippen LogP contribution in [-0.2, 0) is 14.3 Å². The molecule has 2 rings (SSSR count). The number of carbonyl (C=O) groups is 2. The highest BCUT2D eigenvalue weighted by Gasteiger charge is 2.26. The van der Waals surface area contributed by atoms with Gasteiger partial charge in [0.1, 0.15) is 0 Å². The number of carbonyl (C=O) groups excluding carboxylic acids is 1. The van der Waals surface area contributed by atoms with E-state index in [1.54, 1.807) is 4.90 Å². The monoisotopic (exact) mass is 284 g/mol. The fourth-order valence-electron chi connectivity index (χ4n) is 2.82. The van der Waals surface area contributed by atoms with Crippen LogP contribution in [0, 0.1) is 5.92 Å². The van der Waals surface area contributed by atoms with E-state index in [2.05, 4.69) is 5.32 Å². The Bertz CT molecular complexity index is 334. The zero-order chi connectivity index (χ0) is 14.4. The van der Waals surface area contributed by atoms with Gasteiger partial charge in [-0.05, 0) is 38.6 Å². The van der Waals surface area contributed by atoms with E-state index in [4.69, 9.17) is 9.84 Å². The molecule has 1 unspecified atom stereocenters. The zero-order valence-electron chi connectivity index (χ0n) is 11.8. The van der Waals surface area contributed by atoms with Crippen LogP contribution in [0.15, 0.2) is 0 Å². The highest BCUT2D eigenvalue weighted by Crippen LogP contribution is 2.17. The Morgan fingerprint density at radius 3 is 2.60 bits per heavy atom. The number of amides is 1. The smallest absolute Gasteiger partial charge is 0.306 e. The zero-order valence-corrected chi connectivity index (χ0v) is 11.8. The lowest BCUT2D eigenvalue weighted by Crippen LogP contribution is -2.44. The Hall–Kier alpha value is -1.14. The molecule has 0 radical (unpaired) electrons. The molecule has 1 atom stereocenters. The molecule has 2 aliphatic heterocycles. The van der Waals surface area contributed by atoms with Crippen LogP contribution < -0.4 is 5.32 Å². The highest BCUT2D eigenvalue weighted by atomic mass is 16.5. The quantitative estimate of drug-likeness (QED) is 0.693. The molecule has 0 bridgehead atoms. The Labute approximate surface area is 119 Å². The molecule has 2 heterocycles. The first-order valence-electron chi connectivity index (χ1n) is 7.49. The molecule has 0 aliphatic carbocycles. The molecular weight excluding hydrogens is 260 g/mol. The summed E-state index contributed by atoms with van der Waals surface area (Å²) in [6.45, 7) is 3.11. The molecule has 2 N–H and O–H groups in total.